The van der Waals surface area contributed by atoms with Gasteiger partial charge in [0.1, 0.15) is 6.04 Å². The van der Waals surface area contributed by atoms with E-state index in [4.69, 9.17) is 16.7 Å². The second-order valence-electron chi connectivity index (χ2n) is 5.38. The molecular weight excluding hydrogens is 292 g/mol. The van der Waals surface area contributed by atoms with E-state index in [1.807, 2.05) is 32.0 Å². The van der Waals surface area contributed by atoms with Crippen LogP contribution in [0.25, 0.3) is 0 Å². The van der Waals surface area contributed by atoms with Crippen LogP contribution in [0.1, 0.15) is 38.8 Å². The highest BCUT2D eigenvalue weighted by Gasteiger charge is 2.22. The first-order valence-electron chi connectivity index (χ1n) is 6.85. The van der Waals surface area contributed by atoms with Gasteiger partial charge >= 0.3 is 12.0 Å². The van der Waals surface area contributed by atoms with Crippen molar-refractivity contribution in [2.24, 2.45) is 5.92 Å². The molecule has 0 aromatic heterocycles. The maximum absolute atomic E-state index is 11.9. The summed E-state index contributed by atoms with van der Waals surface area (Å²) in [5.74, 6) is -0.864. The first-order valence-corrected chi connectivity index (χ1v) is 7.23. The molecular formula is C15H21ClN2O3. The maximum Gasteiger partial charge on any atom is 0.326 e. The van der Waals surface area contributed by atoms with Crippen LogP contribution < -0.4 is 10.6 Å². The van der Waals surface area contributed by atoms with E-state index in [1.165, 1.54) is 0 Å². The second kappa shape index (κ2) is 7.88. The molecule has 0 bridgehead atoms. The van der Waals surface area contributed by atoms with E-state index < -0.39 is 18.0 Å². The molecule has 116 valence electrons. The Kier molecular flexibility index (Phi) is 6.49. The Balaban J connectivity index is 2.64. The average molecular weight is 313 g/mol. The Morgan fingerprint density at radius 3 is 2.33 bits per heavy atom. The summed E-state index contributed by atoms with van der Waals surface area (Å²) < 4.78 is 0. The molecule has 0 fully saturated rings. The molecule has 2 atom stereocenters. The number of halogens is 1. The van der Waals surface area contributed by atoms with Crippen molar-refractivity contribution in [1.29, 1.82) is 0 Å². The van der Waals surface area contributed by atoms with Gasteiger partial charge in [-0.1, -0.05) is 43.6 Å². The molecule has 0 saturated heterocycles. The molecule has 0 aliphatic carbocycles. The van der Waals surface area contributed by atoms with Crippen LogP contribution in [0.2, 0.25) is 5.02 Å². The Hall–Kier alpha value is -1.75. The van der Waals surface area contributed by atoms with Gasteiger partial charge < -0.3 is 15.7 Å². The average Bonchev–Trinajstić information content (AvgIpc) is 2.37. The van der Waals surface area contributed by atoms with E-state index in [0.717, 1.165) is 5.56 Å². The van der Waals surface area contributed by atoms with Gasteiger partial charge in [0.2, 0.25) is 0 Å². The monoisotopic (exact) mass is 312 g/mol. The van der Waals surface area contributed by atoms with Crippen molar-refractivity contribution in [1.82, 2.24) is 10.6 Å². The third-order valence-corrected chi connectivity index (χ3v) is 3.37. The summed E-state index contributed by atoms with van der Waals surface area (Å²) in [6.45, 7) is 5.60. The van der Waals surface area contributed by atoms with Crippen LogP contribution in [0.15, 0.2) is 24.3 Å². The quantitative estimate of drug-likeness (QED) is 0.754. The van der Waals surface area contributed by atoms with Gasteiger partial charge in [0.25, 0.3) is 0 Å². The smallest absolute Gasteiger partial charge is 0.326 e. The molecule has 3 N–H and O–H groups in total. The number of benzene rings is 1. The molecule has 0 saturated carbocycles. The molecule has 0 aliphatic heterocycles. The number of aliphatic carboxylic acids is 1. The SMILES string of the molecule is CC(C)CC(NC(=O)NC(C)c1ccccc1Cl)C(=O)O. The Bertz CT molecular complexity index is 505. The van der Waals surface area contributed by atoms with Gasteiger partial charge in [0.05, 0.1) is 6.04 Å². The summed E-state index contributed by atoms with van der Waals surface area (Å²) in [7, 11) is 0. The molecule has 0 aliphatic rings. The zero-order chi connectivity index (χ0) is 16.0. The Labute approximate surface area is 129 Å². The normalized spacial score (nSPS) is 13.6. The third-order valence-electron chi connectivity index (χ3n) is 3.03. The number of carbonyl (C=O) groups excluding carboxylic acids is 1. The lowest BCUT2D eigenvalue weighted by Gasteiger charge is -2.20. The van der Waals surface area contributed by atoms with Crippen molar-refractivity contribution < 1.29 is 14.7 Å². The minimum absolute atomic E-state index is 0.174. The van der Waals surface area contributed by atoms with Gasteiger partial charge in [-0.15, -0.1) is 0 Å². The third kappa shape index (κ3) is 5.63. The fraction of sp³-hybridized carbons (Fsp3) is 0.467. The van der Waals surface area contributed by atoms with Crippen molar-refractivity contribution in [3.8, 4) is 0 Å². The minimum Gasteiger partial charge on any atom is -0.480 e. The van der Waals surface area contributed by atoms with E-state index in [0.29, 0.717) is 11.4 Å². The number of hydrogen-bond donors (Lipinski definition) is 3. The molecule has 5 nitrogen and oxygen atoms in total. The number of urea groups is 1. The van der Waals surface area contributed by atoms with Crippen molar-refractivity contribution in [3.05, 3.63) is 34.9 Å². The largest absolute Gasteiger partial charge is 0.480 e. The molecule has 6 heteroatoms. The fourth-order valence-corrected chi connectivity index (χ4v) is 2.29. The van der Waals surface area contributed by atoms with Crippen molar-refractivity contribution in [3.63, 3.8) is 0 Å². The molecule has 1 rings (SSSR count). The maximum atomic E-state index is 11.9. The van der Waals surface area contributed by atoms with Gasteiger partial charge in [0.15, 0.2) is 0 Å². The van der Waals surface area contributed by atoms with Crippen LogP contribution in [-0.4, -0.2) is 23.1 Å². The first kappa shape index (κ1) is 17.3. The van der Waals surface area contributed by atoms with Gasteiger partial charge in [-0.25, -0.2) is 9.59 Å². The molecule has 21 heavy (non-hydrogen) atoms. The van der Waals surface area contributed by atoms with E-state index in [9.17, 15) is 9.59 Å². The number of carbonyl (C=O) groups is 2. The van der Waals surface area contributed by atoms with Gasteiger partial charge in [-0.2, -0.15) is 0 Å². The van der Waals surface area contributed by atoms with Gasteiger partial charge in [-0.3, -0.25) is 0 Å². The van der Waals surface area contributed by atoms with Gasteiger partial charge in [-0.05, 0) is 30.9 Å². The Morgan fingerprint density at radius 1 is 1.19 bits per heavy atom. The van der Waals surface area contributed by atoms with E-state index >= 15 is 0 Å². The minimum atomic E-state index is -1.04. The van der Waals surface area contributed by atoms with Crippen molar-refractivity contribution >= 4 is 23.6 Å². The highest BCUT2D eigenvalue weighted by atomic mass is 35.5. The van der Waals surface area contributed by atoms with E-state index in [2.05, 4.69) is 10.6 Å². The number of nitrogens with one attached hydrogen (secondary N) is 2. The summed E-state index contributed by atoms with van der Waals surface area (Å²) in [5.41, 5.74) is 0.782. The van der Waals surface area contributed by atoms with E-state index in [1.54, 1.807) is 13.0 Å². The molecule has 0 heterocycles. The number of carboxylic acid groups (broad SMARTS) is 1. The number of carboxylic acids is 1. The zero-order valence-corrected chi connectivity index (χ0v) is 13.1. The van der Waals surface area contributed by atoms with Gasteiger partial charge in [0, 0.05) is 5.02 Å². The number of amides is 2. The molecule has 0 radical (unpaired) electrons. The van der Waals surface area contributed by atoms with Crippen molar-refractivity contribution in [2.75, 3.05) is 0 Å². The number of hydrogen-bond acceptors (Lipinski definition) is 2. The number of rotatable bonds is 6. The van der Waals surface area contributed by atoms with Crippen LogP contribution in [0.5, 0.6) is 0 Å². The Morgan fingerprint density at radius 2 is 1.81 bits per heavy atom. The highest BCUT2D eigenvalue weighted by Crippen LogP contribution is 2.21. The van der Waals surface area contributed by atoms with Crippen LogP contribution in [-0.2, 0) is 4.79 Å². The fourth-order valence-electron chi connectivity index (χ4n) is 1.99. The summed E-state index contributed by atoms with van der Waals surface area (Å²) >= 11 is 6.06. The molecule has 1 aromatic rings. The standard InChI is InChI=1S/C15H21ClN2O3/c1-9(2)8-13(14(19)20)18-15(21)17-10(3)11-6-4-5-7-12(11)16/h4-7,9-10,13H,8H2,1-3H3,(H,19,20)(H2,17,18,21). The topological polar surface area (TPSA) is 78.4 Å². The summed E-state index contributed by atoms with van der Waals surface area (Å²) in [6, 6.07) is 5.46. The lowest BCUT2D eigenvalue weighted by Crippen LogP contribution is -2.47. The van der Waals surface area contributed by atoms with Crippen LogP contribution in [0, 0.1) is 5.92 Å². The second-order valence-corrected chi connectivity index (χ2v) is 5.79. The molecule has 2 unspecified atom stereocenters. The van der Waals surface area contributed by atoms with E-state index in [-0.39, 0.29) is 12.0 Å². The lowest BCUT2D eigenvalue weighted by molar-refractivity contribution is -0.139. The molecule has 2 amide bonds. The van der Waals surface area contributed by atoms with Crippen molar-refractivity contribution in [2.45, 2.75) is 39.3 Å². The molecule has 0 spiro atoms. The summed E-state index contributed by atoms with van der Waals surface area (Å²) in [5, 5.41) is 14.8. The van der Waals surface area contributed by atoms with Crippen LogP contribution >= 0.6 is 11.6 Å². The zero-order valence-electron chi connectivity index (χ0n) is 12.4. The van der Waals surface area contributed by atoms with Crippen LogP contribution in [0.3, 0.4) is 0 Å². The summed E-state index contributed by atoms with van der Waals surface area (Å²) in [6.07, 6.45) is 0.378. The molecule has 1 aromatic carbocycles. The predicted octanol–water partition coefficient (Wildman–Crippen LogP) is 3.20. The predicted molar refractivity (Wildman–Crippen MR) is 82.4 cm³/mol. The first-order chi connectivity index (χ1) is 9.81. The van der Waals surface area contributed by atoms with Crippen LogP contribution in [0.4, 0.5) is 4.79 Å². The summed E-state index contributed by atoms with van der Waals surface area (Å²) in [4.78, 5) is 23.0. The highest BCUT2D eigenvalue weighted by molar-refractivity contribution is 6.31. The lowest BCUT2D eigenvalue weighted by atomic mass is 10.0.